The highest BCUT2D eigenvalue weighted by Gasteiger charge is 2.47. The van der Waals surface area contributed by atoms with E-state index in [-0.39, 0.29) is 34.5 Å². The number of alkyl halides is 2. The number of ether oxygens (including phenoxy) is 1. The normalized spacial score (nSPS) is 19.6. The maximum atomic E-state index is 13.9. The summed E-state index contributed by atoms with van der Waals surface area (Å²) in [7, 11) is 4.28. The largest absolute Gasteiger partial charge is 0.481 e. The van der Waals surface area contributed by atoms with Crippen molar-refractivity contribution < 1.29 is 18.3 Å². The molecular weight excluding hydrogens is 708 g/mol. The molecule has 8 rings (SSSR count). The van der Waals surface area contributed by atoms with E-state index in [0.717, 1.165) is 58.2 Å². The molecule has 2 aromatic carbocycles. The summed E-state index contributed by atoms with van der Waals surface area (Å²) in [5, 5.41) is 9.45. The Morgan fingerprint density at radius 3 is 2.53 bits per heavy atom. The zero-order valence-corrected chi connectivity index (χ0v) is 30.1. The molecular formula is C37H36ClF2N9O4. The molecule has 274 valence electrons. The second-order valence-corrected chi connectivity index (χ2v) is 14.2. The van der Waals surface area contributed by atoms with E-state index in [1.165, 1.54) is 14.1 Å². The van der Waals surface area contributed by atoms with Gasteiger partial charge in [0.05, 0.1) is 23.4 Å². The number of anilines is 2. The van der Waals surface area contributed by atoms with Crippen molar-refractivity contribution in [2.24, 2.45) is 14.1 Å². The van der Waals surface area contributed by atoms with Crippen LogP contribution in [0.25, 0.3) is 33.4 Å². The van der Waals surface area contributed by atoms with Gasteiger partial charge in [-0.3, -0.25) is 18.8 Å². The Labute approximate surface area is 307 Å². The fraction of sp³-hybridized carbons (Fsp3) is 0.351. The minimum atomic E-state index is -3.04. The highest BCUT2D eigenvalue weighted by molar-refractivity contribution is 6.36. The van der Waals surface area contributed by atoms with Gasteiger partial charge in [-0.05, 0) is 55.0 Å². The third kappa shape index (κ3) is 5.69. The van der Waals surface area contributed by atoms with Crippen molar-refractivity contribution in [1.82, 2.24) is 39.6 Å². The number of likely N-dealkylation sites (tertiary alicyclic amines) is 1. The number of halogens is 3. The van der Waals surface area contributed by atoms with Crippen LogP contribution in [-0.4, -0.2) is 67.3 Å². The Morgan fingerprint density at radius 2 is 1.79 bits per heavy atom. The number of benzene rings is 2. The van der Waals surface area contributed by atoms with Crippen LogP contribution in [0.5, 0.6) is 5.88 Å². The number of hydrogen-bond acceptors (Lipinski definition) is 9. The van der Waals surface area contributed by atoms with Gasteiger partial charge >= 0.3 is 11.7 Å². The first-order valence-corrected chi connectivity index (χ1v) is 17.6. The number of carbonyl (C=O) groups is 1. The minimum absolute atomic E-state index is 0.103. The first-order chi connectivity index (χ1) is 25.4. The number of pyridine rings is 1. The molecule has 2 atom stereocenters. The number of urea groups is 1. The van der Waals surface area contributed by atoms with Crippen molar-refractivity contribution in [3.05, 3.63) is 90.8 Å². The molecule has 1 aliphatic carbocycles. The standard InChI is InChI=1S/C37H36ClF2N9O4/c1-18-20(7-6-10-23(18)42-30-27-32(45-31(44-30)29(39)40)47(2)36(52)48(3)34(27)50)21-8-5-9-22(28(21)38)24-15-19-11-12-25(26(19)33(43-24)53-4)49-14-13-37(17-49)16-41-35(51)46-37/h5-10,15,25,29H,11-14,16-17H2,1-4H3,(H2,41,46,51)(H,42,44,45)/t25-,37+/m0/s1. The SMILES string of the molecule is COc1nc(-c2cccc(-c3cccc(Nc4nc(C(F)F)nc5c4c(=O)n(C)c(=O)n5C)c3C)c2Cl)cc2c1[C@@H](N1CC[C@@]3(CNC(=O)N3)C1)CC2. The molecule has 3 aliphatic rings. The molecule has 2 saturated heterocycles. The fourth-order valence-electron chi connectivity index (χ4n) is 8.03. The van der Waals surface area contributed by atoms with Crippen LogP contribution >= 0.6 is 11.6 Å². The van der Waals surface area contributed by atoms with Gasteiger partial charge < -0.3 is 20.7 Å². The van der Waals surface area contributed by atoms with Crippen LogP contribution in [0.3, 0.4) is 0 Å². The van der Waals surface area contributed by atoms with Crippen molar-refractivity contribution >= 4 is 40.2 Å². The van der Waals surface area contributed by atoms with Gasteiger partial charge in [-0.25, -0.2) is 33.3 Å². The maximum Gasteiger partial charge on any atom is 0.332 e. The van der Waals surface area contributed by atoms with Crippen LogP contribution in [-0.2, 0) is 20.5 Å². The summed E-state index contributed by atoms with van der Waals surface area (Å²) in [5.41, 5.74) is 4.34. The zero-order chi connectivity index (χ0) is 37.3. The summed E-state index contributed by atoms with van der Waals surface area (Å²) in [6.07, 6.45) is -0.428. The highest BCUT2D eigenvalue weighted by Crippen LogP contribution is 2.46. The summed E-state index contributed by atoms with van der Waals surface area (Å²) in [6, 6.07) is 13.2. The lowest BCUT2D eigenvalue weighted by Gasteiger charge is -2.28. The summed E-state index contributed by atoms with van der Waals surface area (Å²) >= 11 is 7.20. The quantitative estimate of drug-likeness (QED) is 0.206. The maximum absolute atomic E-state index is 13.9. The van der Waals surface area contributed by atoms with Gasteiger partial charge in [-0.15, -0.1) is 0 Å². The monoisotopic (exact) mass is 743 g/mol. The molecule has 16 heteroatoms. The van der Waals surface area contributed by atoms with E-state index in [2.05, 4.69) is 36.9 Å². The first kappa shape index (κ1) is 34.7. The first-order valence-electron chi connectivity index (χ1n) is 17.2. The second kappa shape index (κ2) is 12.9. The number of nitrogens with zero attached hydrogens (tertiary/aromatic N) is 6. The number of hydrogen-bond donors (Lipinski definition) is 3. The average Bonchev–Trinajstić information content (AvgIpc) is 3.87. The molecule has 2 fully saturated rings. The van der Waals surface area contributed by atoms with E-state index in [1.54, 1.807) is 19.2 Å². The van der Waals surface area contributed by atoms with Crippen molar-refractivity contribution in [1.29, 1.82) is 0 Å². The molecule has 3 aromatic heterocycles. The van der Waals surface area contributed by atoms with Gasteiger partial charge in [0.2, 0.25) is 5.88 Å². The van der Waals surface area contributed by atoms with E-state index in [9.17, 15) is 23.2 Å². The molecule has 53 heavy (non-hydrogen) atoms. The van der Waals surface area contributed by atoms with Gasteiger partial charge in [-0.1, -0.05) is 41.9 Å². The number of methoxy groups -OCH3 is 1. The summed E-state index contributed by atoms with van der Waals surface area (Å²) in [4.78, 5) is 53.0. The minimum Gasteiger partial charge on any atom is -0.481 e. The van der Waals surface area contributed by atoms with Gasteiger partial charge in [-0.2, -0.15) is 0 Å². The molecule has 0 unspecified atom stereocenters. The topological polar surface area (TPSA) is 148 Å². The lowest BCUT2D eigenvalue weighted by molar-refractivity contribution is 0.141. The van der Waals surface area contributed by atoms with Crippen molar-refractivity contribution in [3.8, 4) is 28.3 Å². The van der Waals surface area contributed by atoms with Crippen LogP contribution in [0.4, 0.5) is 25.1 Å². The summed E-state index contributed by atoms with van der Waals surface area (Å²) < 4.78 is 35.7. The molecule has 1 spiro atoms. The number of rotatable bonds is 7. The van der Waals surface area contributed by atoms with Crippen LogP contribution in [0.2, 0.25) is 5.02 Å². The average molecular weight is 744 g/mol. The zero-order valence-electron chi connectivity index (χ0n) is 29.4. The molecule has 2 aliphatic heterocycles. The van der Waals surface area contributed by atoms with E-state index < -0.39 is 23.5 Å². The number of nitrogens with one attached hydrogen (secondary N) is 3. The van der Waals surface area contributed by atoms with Gasteiger partial charge in [0.25, 0.3) is 12.0 Å². The number of carbonyl (C=O) groups excluding carboxylic acids is 1. The van der Waals surface area contributed by atoms with Crippen LogP contribution in [0.1, 0.15) is 47.8 Å². The lowest BCUT2D eigenvalue weighted by Crippen LogP contribution is -2.46. The van der Waals surface area contributed by atoms with Gasteiger partial charge in [0.1, 0.15) is 11.2 Å². The molecule has 5 aromatic rings. The Hall–Kier alpha value is -5.41. The lowest BCUT2D eigenvalue weighted by atomic mass is 9.96. The molecule has 5 heterocycles. The van der Waals surface area contributed by atoms with Gasteiger partial charge in [0.15, 0.2) is 11.5 Å². The van der Waals surface area contributed by atoms with Crippen LogP contribution < -0.4 is 31.9 Å². The third-order valence-electron chi connectivity index (χ3n) is 10.8. The molecule has 0 bridgehead atoms. The van der Waals surface area contributed by atoms with Crippen LogP contribution in [0.15, 0.2) is 52.1 Å². The molecule has 0 saturated carbocycles. The van der Waals surface area contributed by atoms with Crippen molar-refractivity contribution in [2.45, 2.75) is 44.2 Å². The molecule has 2 amide bonds. The van der Waals surface area contributed by atoms with Crippen molar-refractivity contribution in [3.63, 3.8) is 0 Å². The number of amides is 2. The predicted octanol–water partition coefficient (Wildman–Crippen LogP) is 5.15. The molecule has 13 nitrogen and oxygen atoms in total. The smallest absolute Gasteiger partial charge is 0.332 e. The summed E-state index contributed by atoms with van der Waals surface area (Å²) in [6.45, 7) is 4.06. The Kier molecular flexibility index (Phi) is 8.45. The highest BCUT2D eigenvalue weighted by atomic mass is 35.5. The van der Waals surface area contributed by atoms with E-state index in [1.807, 2.05) is 31.2 Å². The predicted molar refractivity (Wildman–Crippen MR) is 196 cm³/mol. The van der Waals surface area contributed by atoms with E-state index in [4.69, 9.17) is 21.3 Å². The second-order valence-electron chi connectivity index (χ2n) is 13.9. The Bertz CT molecular complexity index is 2470. The Morgan fingerprint density at radius 1 is 1.04 bits per heavy atom. The van der Waals surface area contributed by atoms with E-state index in [0.29, 0.717) is 45.5 Å². The van der Waals surface area contributed by atoms with Crippen molar-refractivity contribution in [2.75, 3.05) is 32.1 Å². The molecule has 0 radical (unpaired) electrons. The Balaban J connectivity index is 1.15. The number of aryl methyl sites for hydroxylation is 2. The van der Waals surface area contributed by atoms with E-state index >= 15 is 0 Å². The van der Waals surface area contributed by atoms with Crippen LogP contribution in [0, 0.1) is 6.92 Å². The molecule has 3 N–H and O–H groups in total. The third-order valence-corrected chi connectivity index (χ3v) is 11.2. The number of fused-ring (bicyclic) bond motifs is 2. The summed E-state index contributed by atoms with van der Waals surface area (Å²) in [5.74, 6) is -0.425. The number of aromatic nitrogens is 5. The fourth-order valence-corrected chi connectivity index (χ4v) is 8.35. The van der Waals surface area contributed by atoms with Gasteiger partial charge in [0, 0.05) is 62.1 Å².